The second-order valence-corrected chi connectivity index (χ2v) is 6.83. The average Bonchev–Trinajstić information content (AvgIpc) is 3.22. The molecule has 156 valence electrons. The molecule has 2 atom stereocenters. The molecule has 2 heterocycles. The SMILES string of the molecule is CCOc1ccc(N2C(=O)[C@@H]3[C@@H](N=NN3Cc3cccc(C(F)(F)F)c3)C2=O)cc1. The molecule has 2 aliphatic rings. The van der Waals surface area contributed by atoms with Gasteiger partial charge in [0.15, 0.2) is 12.1 Å². The second-order valence-electron chi connectivity index (χ2n) is 6.83. The molecular formula is C20H17F3N4O3. The number of anilines is 1. The van der Waals surface area contributed by atoms with Gasteiger partial charge in [-0.3, -0.25) is 14.6 Å². The van der Waals surface area contributed by atoms with E-state index in [0.717, 1.165) is 17.0 Å². The van der Waals surface area contributed by atoms with Crippen molar-refractivity contribution in [3.8, 4) is 5.75 Å². The maximum atomic E-state index is 13.0. The molecular weight excluding hydrogens is 401 g/mol. The number of fused-ring (bicyclic) bond motifs is 1. The first-order chi connectivity index (χ1) is 14.3. The van der Waals surface area contributed by atoms with Crippen LogP contribution in [0.1, 0.15) is 18.1 Å². The smallest absolute Gasteiger partial charge is 0.416 e. The number of hydrogen-bond acceptors (Lipinski definition) is 6. The Hall–Kier alpha value is -3.43. The highest BCUT2D eigenvalue weighted by Gasteiger charge is 2.54. The van der Waals surface area contributed by atoms with Gasteiger partial charge >= 0.3 is 6.18 Å². The number of hydrogen-bond donors (Lipinski definition) is 0. The fourth-order valence-electron chi connectivity index (χ4n) is 3.50. The van der Waals surface area contributed by atoms with E-state index >= 15 is 0 Å². The molecule has 2 aromatic carbocycles. The Morgan fingerprint density at radius 1 is 1.07 bits per heavy atom. The van der Waals surface area contributed by atoms with Crippen molar-refractivity contribution in [3.05, 3.63) is 59.7 Å². The topological polar surface area (TPSA) is 74.6 Å². The van der Waals surface area contributed by atoms with Crippen molar-refractivity contribution >= 4 is 17.5 Å². The van der Waals surface area contributed by atoms with Crippen LogP contribution in [0.5, 0.6) is 5.75 Å². The van der Waals surface area contributed by atoms with E-state index in [0.29, 0.717) is 23.6 Å². The van der Waals surface area contributed by atoms with E-state index in [1.807, 2.05) is 6.92 Å². The van der Waals surface area contributed by atoms with Gasteiger partial charge in [0, 0.05) is 0 Å². The first-order valence-electron chi connectivity index (χ1n) is 9.24. The summed E-state index contributed by atoms with van der Waals surface area (Å²) in [6.45, 7) is 2.24. The van der Waals surface area contributed by atoms with Crippen molar-refractivity contribution in [2.45, 2.75) is 31.7 Å². The van der Waals surface area contributed by atoms with Gasteiger partial charge in [0.05, 0.1) is 24.4 Å². The first kappa shape index (κ1) is 19.9. The van der Waals surface area contributed by atoms with Gasteiger partial charge in [0.2, 0.25) is 0 Å². The lowest BCUT2D eigenvalue weighted by Crippen LogP contribution is -2.39. The molecule has 30 heavy (non-hydrogen) atoms. The molecule has 2 aromatic rings. The monoisotopic (exact) mass is 418 g/mol. The highest BCUT2D eigenvalue weighted by Crippen LogP contribution is 2.34. The molecule has 0 bridgehead atoms. The zero-order valence-corrected chi connectivity index (χ0v) is 15.8. The zero-order chi connectivity index (χ0) is 21.5. The fraction of sp³-hybridized carbons (Fsp3) is 0.300. The molecule has 0 unspecified atom stereocenters. The van der Waals surface area contributed by atoms with Gasteiger partial charge in [-0.1, -0.05) is 17.4 Å². The van der Waals surface area contributed by atoms with E-state index in [4.69, 9.17) is 4.74 Å². The highest BCUT2D eigenvalue weighted by atomic mass is 19.4. The summed E-state index contributed by atoms with van der Waals surface area (Å²) in [6, 6.07) is 9.23. The molecule has 4 rings (SSSR count). The quantitative estimate of drug-likeness (QED) is 0.696. The van der Waals surface area contributed by atoms with Gasteiger partial charge in [-0.15, -0.1) is 0 Å². The summed E-state index contributed by atoms with van der Waals surface area (Å²) in [6.07, 6.45) is -4.48. The molecule has 10 heteroatoms. The summed E-state index contributed by atoms with van der Waals surface area (Å²) in [5.41, 5.74) is -0.112. The number of imide groups is 1. The highest BCUT2D eigenvalue weighted by molar-refractivity contribution is 6.25. The molecule has 2 aliphatic heterocycles. The van der Waals surface area contributed by atoms with Crippen LogP contribution < -0.4 is 9.64 Å². The van der Waals surface area contributed by atoms with E-state index in [1.54, 1.807) is 24.3 Å². The number of carbonyl (C=O) groups excluding carboxylic acids is 2. The lowest BCUT2D eigenvalue weighted by Gasteiger charge is -2.21. The van der Waals surface area contributed by atoms with Crippen LogP contribution in [0.15, 0.2) is 58.9 Å². The lowest BCUT2D eigenvalue weighted by molar-refractivity contribution is -0.137. The minimum Gasteiger partial charge on any atom is -0.494 e. The van der Waals surface area contributed by atoms with E-state index in [-0.39, 0.29) is 6.54 Å². The predicted octanol–water partition coefficient (Wildman–Crippen LogP) is 3.60. The van der Waals surface area contributed by atoms with Crippen LogP contribution in [0, 0.1) is 0 Å². The van der Waals surface area contributed by atoms with Gasteiger partial charge < -0.3 is 4.74 Å². The number of ether oxygens (including phenoxy) is 1. The number of halogens is 3. The summed E-state index contributed by atoms with van der Waals surface area (Å²) in [5.74, 6) is -0.443. The molecule has 0 saturated carbocycles. The fourth-order valence-corrected chi connectivity index (χ4v) is 3.50. The van der Waals surface area contributed by atoms with Crippen LogP contribution >= 0.6 is 0 Å². The van der Waals surface area contributed by atoms with Crippen LogP contribution in [-0.2, 0) is 22.3 Å². The van der Waals surface area contributed by atoms with Gasteiger partial charge in [-0.05, 0) is 48.9 Å². The number of rotatable bonds is 5. The summed E-state index contributed by atoms with van der Waals surface area (Å²) in [7, 11) is 0. The molecule has 0 spiro atoms. The number of nitrogens with zero attached hydrogens (tertiary/aromatic N) is 4. The summed E-state index contributed by atoms with van der Waals surface area (Å²) in [5, 5.41) is 9.02. The van der Waals surface area contributed by atoms with Crippen molar-refractivity contribution in [3.63, 3.8) is 0 Å². The Morgan fingerprint density at radius 2 is 1.80 bits per heavy atom. The van der Waals surface area contributed by atoms with Crippen LogP contribution in [0.3, 0.4) is 0 Å². The van der Waals surface area contributed by atoms with Gasteiger partial charge in [0.25, 0.3) is 11.8 Å². The summed E-state index contributed by atoms with van der Waals surface area (Å²) >= 11 is 0. The summed E-state index contributed by atoms with van der Waals surface area (Å²) < 4.78 is 44.2. The van der Waals surface area contributed by atoms with E-state index < -0.39 is 35.6 Å². The molecule has 0 aliphatic carbocycles. The number of amides is 2. The van der Waals surface area contributed by atoms with E-state index in [2.05, 4.69) is 10.3 Å². The van der Waals surface area contributed by atoms with Crippen molar-refractivity contribution in [1.82, 2.24) is 5.01 Å². The van der Waals surface area contributed by atoms with Crippen LogP contribution in [-0.4, -0.2) is 35.5 Å². The normalized spacial score (nSPS) is 20.8. The van der Waals surface area contributed by atoms with Gasteiger partial charge in [-0.2, -0.15) is 18.3 Å². The third-order valence-electron chi connectivity index (χ3n) is 4.86. The number of alkyl halides is 3. The Bertz CT molecular complexity index is 1010. The molecule has 0 radical (unpaired) electrons. The zero-order valence-electron chi connectivity index (χ0n) is 15.8. The van der Waals surface area contributed by atoms with Crippen molar-refractivity contribution < 1.29 is 27.5 Å². The van der Waals surface area contributed by atoms with Crippen LogP contribution in [0.25, 0.3) is 0 Å². The minimum absolute atomic E-state index is 0.0786. The Morgan fingerprint density at radius 3 is 2.47 bits per heavy atom. The predicted molar refractivity (Wildman–Crippen MR) is 99.5 cm³/mol. The van der Waals surface area contributed by atoms with Crippen LogP contribution in [0.2, 0.25) is 0 Å². The molecule has 1 saturated heterocycles. The van der Waals surface area contributed by atoms with Crippen molar-refractivity contribution in [2.75, 3.05) is 11.5 Å². The Balaban J connectivity index is 1.55. The summed E-state index contributed by atoms with van der Waals surface area (Å²) in [4.78, 5) is 26.7. The third kappa shape index (κ3) is 3.49. The maximum absolute atomic E-state index is 13.0. The first-order valence-corrected chi connectivity index (χ1v) is 9.24. The standard InChI is InChI=1S/C20H17F3N4O3/c1-2-30-15-8-6-14(7-9-15)27-18(28)16-17(19(27)29)26(25-24-16)11-12-4-3-5-13(10-12)20(21,22)23/h3-10,16-17H,2,11H2,1H3/t16-,17+/m1/s1. The van der Waals surface area contributed by atoms with Crippen molar-refractivity contribution in [2.24, 2.45) is 10.3 Å². The maximum Gasteiger partial charge on any atom is 0.416 e. The van der Waals surface area contributed by atoms with Gasteiger partial charge in [0.1, 0.15) is 5.75 Å². The molecule has 0 aromatic heterocycles. The second kappa shape index (κ2) is 7.43. The molecule has 0 N–H and O–H groups in total. The van der Waals surface area contributed by atoms with E-state index in [1.165, 1.54) is 17.1 Å². The largest absolute Gasteiger partial charge is 0.494 e. The molecule has 2 amide bonds. The Kier molecular flexibility index (Phi) is 4.92. The van der Waals surface area contributed by atoms with Crippen molar-refractivity contribution in [1.29, 1.82) is 0 Å². The molecule has 1 fully saturated rings. The lowest BCUT2D eigenvalue weighted by atomic mass is 10.1. The minimum atomic E-state index is -4.48. The molecule has 7 nitrogen and oxygen atoms in total. The van der Waals surface area contributed by atoms with E-state index in [9.17, 15) is 22.8 Å². The third-order valence-corrected chi connectivity index (χ3v) is 4.86. The number of carbonyl (C=O) groups is 2. The van der Waals surface area contributed by atoms with Crippen LogP contribution in [0.4, 0.5) is 18.9 Å². The van der Waals surface area contributed by atoms with Gasteiger partial charge in [-0.25, -0.2) is 4.90 Å². The Labute approximate surface area is 169 Å². The average molecular weight is 418 g/mol. The number of benzene rings is 2.